The van der Waals surface area contributed by atoms with E-state index < -0.39 is 23.6 Å². The fourth-order valence-electron chi connectivity index (χ4n) is 2.48. The number of amides is 2. The van der Waals surface area contributed by atoms with E-state index in [9.17, 15) is 14.7 Å². The zero-order chi connectivity index (χ0) is 18.9. The van der Waals surface area contributed by atoms with E-state index in [0.717, 1.165) is 0 Å². The fourth-order valence-corrected chi connectivity index (χ4v) is 3.24. The summed E-state index contributed by atoms with van der Waals surface area (Å²) in [6.45, 7) is 6.95. The average Bonchev–Trinajstić information content (AvgIpc) is 2.47. The van der Waals surface area contributed by atoms with Crippen LogP contribution in [0.3, 0.4) is 0 Å². The van der Waals surface area contributed by atoms with Gasteiger partial charge in [0.15, 0.2) is 11.5 Å². The minimum absolute atomic E-state index is 0.0467. The molecule has 0 bridgehead atoms. The molecule has 1 aliphatic rings. The molecule has 0 spiro atoms. The number of ether oxygens (including phenoxy) is 2. The number of benzene rings is 1. The lowest BCUT2D eigenvalue weighted by molar-refractivity contribution is -0.150. The number of hydrogen-bond donors (Lipinski definition) is 3. The van der Waals surface area contributed by atoms with Gasteiger partial charge in [0.25, 0.3) is 0 Å². The van der Waals surface area contributed by atoms with Crippen molar-refractivity contribution in [3.05, 3.63) is 32.5 Å². The van der Waals surface area contributed by atoms with Crippen molar-refractivity contribution in [3.8, 4) is 11.5 Å². The SMILES string of the molecule is COc1ccc([C@H]2NC(=O)NC(C)=C2C(=O)OC(C)(C)C)c(I)c1O. The molecule has 25 heavy (non-hydrogen) atoms. The minimum Gasteiger partial charge on any atom is -0.504 e. The van der Waals surface area contributed by atoms with Gasteiger partial charge in [0.05, 0.1) is 22.3 Å². The Hall–Kier alpha value is -1.97. The van der Waals surface area contributed by atoms with E-state index in [0.29, 0.717) is 20.6 Å². The third-order valence-corrected chi connectivity index (χ3v) is 4.66. The summed E-state index contributed by atoms with van der Waals surface area (Å²) < 4.78 is 11.0. The van der Waals surface area contributed by atoms with Crippen LogP contribution in [0.25, 0.3) is 0 Å². The first-order valence-electron chi connectivity index (χ1n) is 7.62. The lowest BCUT2D eigenvalue weighted by atomic mass is 9.95. The maximum atomic E-state index is 12.7. The molecule has 1 aromatic carbocycles. The van der Waals surface area contributed by atoms with E-state index in [4.69, 9.17) is 9.47 Å². The lowest BCUT2D eigenvalue weighted by Crippen LogP contribution is -2.46. The van der Waals surface area contributed by atoms with E-state index in [1.807, 2.05) is 22.6 Å². The highest BCUT2D eigenvalue weighted by Gasteiger charge is 2.35. The monoisotopic (exact) mass is 460 g/mol. The molecule has 0 aromatic heterocycles. The van der Waals surface area contributed by atoms with E-state index in [-0.39, 0.29) is 11.3 Å². The van der Waals surface area contributed by atoms with Crippen molar-refractivity contribution < 1.29 is 24.2 Å². The first-order chi connectivity index (χ1) is 11.5. The van der Waals surface area contributed by atoms with Crippen LogP contribution in [0.4, 0.5) is 4.79 Å². The van der Waals surface area contributed by atoms with E-state index in [1.165, 1.54) is 7.11 Å². The van der Waals surface area contributed by atoms with Crippen LogP contribution in [0, 0.1) is 3.57 Å². The highest BCUT2D eigenvalue weighted by Crippen LogP contribution is 2.39. The number of carbonyl (C=O) groups is 2. The largest absolute Gasteiger partial charge is 0.504 e. The number of rotatable bonds is 3. The average molecular weight is 460 g/mol. The summed E-state index contributed by atoms with van der Waals surface area (Å²) in [5.41, 5.74) is 0.603. The van der Waals surface area contributed by atoms with Crippen LogP contribution >= 0.6 is 22.6 Å². The number of nitrogens with one attached hydrogen (secondary N) is 2. The maximum Gasteiger partial charge on any atom is 0.338 e. The number of hydrogen-bond acceptors (Lipinski definition) is 5. The molecule has 3 N–H and O–H groups in total. The van der Waals surface area contributed by atoms with Crippen LogP contribution in [0.5, 0.6) is 11.5 Å². The molecular formula is C17H21IN2O5. The summed E-state index contributed by atoms with van der Waals surface area (Å²) in [7, 11) is 1.45. The molecule has 0 unspecified atom stereocenters. The molecule has 8 heteroatoms. The summed E-state index contributed by atoms with van der Waals surface area (Å²) in [6.07, 6.45) is 0. The van der Waals surface area contributed by atoms with Crippen molar-refractivity contribution in [1.82, 2.24) is 10.6 Å². The van der Waals surface area contributed by atoms with Gasteiger partial charge in [-0.3, -0.25) is 0 Å². The number of carbonyl (C=O) groups excluding carboxylic acids is 2. The fraction of sp³-hybridized carbons (Fsp3) is 0.412. The lowest BCUT2D eigenvalue weighted by Gasteiger charge is -2.31. The Morgan fingerprint density at radius 2 is 1.96 bits per heavy atom. The summed E-state index contributed by atoms with van der Waals surface area (Å²) in [5, 5.41) is 15.6. The van der Waals surface area contributed by atoms with E-state index in [1.54, 1.807) is 39.8 Å². The molecule has 1 heterocycles. The second-order valence-corrected chi connectivity index (χ2v) is 7.67. The first kappa shape index (κ1) is 19.4. The van der Waals surface area contributed by atoms with Gasteiger partial charge < -0.3 is 25.2 Å². The molecule has 0 saturated heterocycles. The second kappa shape index (κ2) is 7.11. The van der Waals surface area contributed by atoms with Gasteiger partial charge in [-0.05, 0) is 61.9 Å². The summed E-state index contributed by atoms with van der Waals surface area (Å²) in [4.78, 5) is 24.6. The molecule has 2 amide bonds. The van der Waals surface area contributed by atoms with Gasteiger partial charge in [0.1, 0.15) is 5.60 Å². The highest BCUT2D eigenvalue weighted by atomic mass is 127. The smallest absolute Gasteiger partial charge is 0.338 e. The molecule has 2 rings (SSSR count). The summed E-state index contributed by atoms with van der Waals surface area (Å²) >= 11 is 1.96. The van der Waals surface area contributed by atoms with Gasteiger partial charge >= 0.3 is 12.0 Å². The van der Waals surface area contributed by atoms with E-state index >= 15 is 0 Å². The number of esters is 1. The standard InChI is InChI=1S/C17H21IN2O5/c1-8-11(15(22)25-17(2,3)4)13(20-16(23)19-8)9-6-7-10(24-5)14(21)12(9)18/h6-7,13,21H,1-5H3,(H2,19,20,23)/t13-/m1/s1. The van der Waals surface area contributed by atoms with Crippen molar-refractivity contribution in [3.63, 3.8) is 0 Å². The predicted octanol–water partition coefficient (Wildman–Crippen LogP) is 2.98. The van der Waals surface area contributed by atoms with Crippen LogP contribution in [0.2, 0.25) is 0 Å². The molecule has 0 saturated carbocycles. The van der Waals surface area contributed by atoms with Gasteiger partial charge in [-0.25, -0.2) is 9.59 Å². The Kier molecular flexibility index (Phi) is 5.50. The normalized spacial score (nSPS) is 17.7. The Bertz CT molecular complexity index is 752. The van der Waals surface area contributed by atoms with Crippen molar-refractivity contribution in [1.29, 1.82) is 0 Å². The quantitative estimate of drug-likeness (QED) is 0.476. The Balaban J connectivity index is 2.54. The number of phenols is 1. The Morgan fingerprint density at radius 3 is 2.52 bits per heavy atom. The third kappa shape index (κ3) is 4.17. The van der Waals surface area contributed by atoms with Crippen molar-refractivity contribution in [2.75, 3.05) is 7.11 Å². The number of phenolic OH excluding ortho intramolecular Hbond substituents is 1. The molecule has 136 valence electrons. The number of aromatic hydroxyl groups is 1. The summed E-state index contributed by atoms with van der Waals surface area (Å²) in [5.74, 6) is -0.267. The molecule has 1 atom stereocenters. The van der Waals surface area contributed by atoms with Gasteiger partial charge in [0, 0.05) is 5.70 Å². The topological polar surface area (TPSA) is 96.9 Å². The van der Waals surface area contributed by atoms with E-state index in [2.05, 4.69) is 10.6 Å². The molecule has 1 aromatic rings. The van der Waals surface area contributed by atoms with Crippen molar-refractivity contribution >= 4 is 34.6 Å². The third-order valence-electron chi connectivity index (χ3n) is 3.53. The molecule has 1 aliphatic heterocycles. The van der Waals surface area contributed by atoms with Gasteiger partial charge in [-0.1, -0.05) is 6.07 Å². The minimum atomic E-state index is -0.743. The number of urea groups is 1. The first-order valence-corrected chi connectivity index (χ1v) is 8.70. The second-order valence-electron chi connectivity index (χ2n) is 6.59. The van der Waals surface area contributed by atoms with Gasteiger partial charge in [-0.15, -0.1) is 0 Å². The maximum absolute atomic E-state index is 12.7. The molecule has 7 nitrogen and oxygen atoms in total. The highest BCUT2D eigenvalue weighted by molar-refractivity contribution is 14.1. The van der Waals surface area contributed by atoms with Crippen LogP contribution in [0.15, 0.2) is 23.4 Å². The van der Waals surface area contributed by atoms with Gasteiger partial charge in [0.2, 0.25) is 0 Å². The van der Waals surface area contributed by atoms with Gasteiger partial charge in [-0.2, -0.15) is 0 Å². The number of methoxy groups -OCH3 is 1. The molecule has 0 radical (unpaired) electrons. The number of halogens is 1. The van der Waals surface area contributed by atoms with Crippen LogP contribution in [-0.4, -0.2) is 29.8 Å². The van der Waals surface area contributed by atoms with Crippen molar-refractivity contribution in [2.45, 2.75) is 39.3 Å². The Morgan fingerprint density at radius 1 is 1.32 bits per heavy atom. The predicted molar refractivity (Wildman–Crippen MR) is 100 cm³/mol. The molecule has 0 fully saturated rings. The zero-order valence-corrected chi connectivity index (χ0v) is 16.8. The molecular weight excluding hydrogens is 439 g/mol. The van der Waals surface area contributed by atoms with Crippen LogP contribution in [-0.2, 0) is 9.53 Å². The van der Waals surface area contributed by atoms with Crippen LogP contribution < -0.4 is 15.4 Å². The summed E-state index contributed by atoms with van der Waals surface area (Å²) in [6, 6.07) is 2.12. The zero-order valence-electron chi connectivity index (χ0n) is 14.7. The number of allylic oxidation sites excluding steroid dienone is 1. The van der Waals surface area contributed by atoms with Crippen molar-refractivity contribution in [2.24, 2.45) is 0 Å². The molecule has 0 aliphatic carbocycles. The Labute approximate surface area is 159 Å². The van der Waals surface area contributed by atoms with Crippen LogP contribution in [0.1, 0.15) is 39.3 Å².